The number of rotatable bonds is 12. The van der Waals surface area contributed by atoms with Gasteiger partial charge in [0.05, 0.1) is 18.2 Å². The van der Waals surface area contributed by atoms with Crippen molar-refractivity contribution in [3.05, 3.63) is 75.8 Å². The molecule has 2 aromatic carbocycles. The zero-order valence-electron chi connectivity index (χ0n) is 27.2. The van der Waals surface area contributed by atoms with E-state index in [1.807, 2.05) is 31.3 Å². The Balaban J connectivity index is 1.48. The van der Waals surface area contributed by atoms with Crippen LogP contribution in [0.3, 0.4) is 0 Å². The average Bonchev–Trinajstić information content (AvgIpc) is 3.00. The van der Waals surface area contributed by atoms with Gasteiger partial charge in [-0.05, 0) is 80.7 Å². The fourth-order valence-corrected chi connectivity index (χ4v) is 7.38. The van der Waals surface area contributed by atoms with E-state index in [-0.39, 0.29) is 29.7 Å². The number of ketones is 2. The molecule has 0 fully saturated rings. The minimum atomic E-state index is -2.67. The standard InChI is InChI=1S/C35H43N3O9/c1-37(2)29-24-17-21-16-23-22(20-8-5-7-19(15-20)18-38(3)11-14-47-13-6-12-46-4)9-10-25(39)27(23)30(40)26(21)32(42)35(24,45)33(43)28(31(29)41)34(36)44/h5,7-10,15,21,24,29,39,41-42,45H,6,11-14,16-18H2,1-4H3,(H2,36,44)/t21-,24-,29-,35-/m0/s1. The Morgan fingerprint density at radius 1 is 1.06 bits per heavy atom. The van der Waals surface area contributed by atoms with Crippen LogP contribution in [0.2, 0.25) is 0 Å². The highest BCUT2D eigenvalue weighted by Gasteiger charge is 2.63. The van der Waals surface area contributed by atoms with E-state index in [9.17, 15) is 34.8 Å². The van der Waals surface area contributed by atoms with E-state index in [0.29, 0.717) is 31.9 Å². The maximum absolute atomic E-state index is 14.1. The molecule has 3 aliphatic rings. The number of primary amides is 1. The lowest BCUT2D eigenvalue weighted by Gasteiger charge is -2.50. The van der Waals surface area contributed by atoms with E-state index in [0.717, 1.165) is 29.7 Å². The normalized spacial score (nSPS) is 24.1. The van der Waals surface area contributed by atoms with E-state index in [4.69, 9.17) is 15.2 Å². The van der Waals surface area contributed by atoms with Crippen molar-refractivity contribution in [3.63, 3.8) is 0 Å². The zero-order valence-corrected chi connectivity index (χ0v) is 27.2. The molecule has 0 saturated heterocycles. The topological polar surface area (TPSA) is 183 Å². The number of phenolic OH excluding ortho intramolecular Hbond substituents is 1. The molecule has 3 aliphatic carbocycles. The van der Waals surface area contributed by atoms with Gasteiger partial charge in [0, 0.05) is 44.9 Å². The van der Waals surface area contributed by atoms with Gasteiger partial charge in [-0.2, -0.15) is 0 Å². The summed E-state index contributed by atoms with van der Waals surface area (Å²) >= 11 is 0. The first-order valence-corrected chi connectivity index (χ1v) is 15.7. The molecule has 12 nitrogen and oxygen atoms in total. The number of nitrogens with zero attached hydrogens (tertiary/aromatic N) is 2. The number of allylic oxidation sites excluding steroid dienone is 1. The summed E-state index contributed by atoms with van der Waals surface area (Å²) < 4.78 is 10.7. The average molecular weight is 650 g/mol. The number of ether oxygens (including phenoxy) is 2. The van der Waals surface area contributed by atoms with Crippen molar-refractivity contribution in [1.29, 1.82) is 0 Å². The number of phenols is 1. The maximum Gasteiger partial charge on any atom is 0.255 e. The quantitative estimate of drug-likeness (QED) is 0.168. The molecule has 0 heterocycles. The van der Waals surface area contributed by atoms with Crippen LogP contribution in [-0.2, 0) is 32.0 Å². The third kappa shape index (κ3) is 6.07. The van der Waals surface area contributed by atoms with Crippen LogP contribution in [0.25, 0.3) is 11.1 Å². The van der Waals surface area contributed by atoms with E-state index >= 15 is 0 Å². The third-order valence-electron chi connectivity index (χ3n) is 9.55. The maximum atomic E-state index is 14.1. The van der Waals surface area contributed by atoms with Crippen LogP contribution in [-0.4, -0.2) is 114 Å². The van der Waals surface area contributed by atoms with Crippen LogP contribution < -0.4 is 5.73 Å². The number of likely N-dealkylation sites (N-methyl/N-ethyl adjacent to an activating group) is 2. The third-order valence-corrected chi connectivity index (χ3v) is 9.55. The van der Waals surface area contributed by atoms with Gasteiger partial charge in [0.1, 0.15) is 22.8 Å². The van der Waals surface area contributed by atoms with Crippen molar-refractivity contribution in [2.24, 2.45) is 17.6 Å². The van der Waals surface area contributed by atoms with Crippen LogP contribution >= 0.6 is 0 Å². The molecular weight excluding hydrogens is 606 g/mol. The lowest BCUT2D eigenvalue weighted by molar-refractivity contribution is -0.148. The van der Waals surface area contributed by atoms with Crippen LogP contribution in [0.5, 0.6) is 5.75 Å². The van der Waals surface area contributed by atoms with E-state index in [1.165, 1.54) is 11.0 Å². The van der Waals surface area contributed by atoms with Crippen LogP contribution in [0.1, 0.15) is 34.3 Å². The monoisotopic (exact) mass is 649 g/mol. The Hall–Kier alpha value is -4.07. The molecule has 1 amide bonds. The highest BCUT2D eigenvalue weighted by atomic mass is 16.5. The fraction of sp³-hybridized carbons (Fsp3) is 0.457. The molecule has 47 heavy (non-hydrogen) atoms. The summed E-state index contributed by atoms with van der Waals surface area (Å²) in [6, 6.07) is 10.0. The first kappa shape index (κ1) is 34.3. The first-order chi connectivity index (χ1) is 22.3. The molecule has 2 aromatic rings. The van der Waals surface area contributed by atoms with Crippen LogP contribution in [0.4, 0.5) is 0 Å². The zero-order chi connectivity index (χ0) is 34.2. The number of hydrogen-bond acceptors (Lipinski definition) is 11. The molecule has 0 saturated carbocycles. The summed E-state index contributed by atoms with van der Waals surface area (Å²) in [6.45, 7) is 3.27. The van der Waals surface area contributed by atoms with E-state index < -0.39 is 58.0 Å². The van der Waals surface area contributed by atoms with Crippen molar-refractivity contribution in [2.75, 3.05) is 54.6 Å². The molecule has 0 unspecified atom stereocenters. The minimum absolute atomic E-state index is 0.0172. The van der Waals surface area contributed by atoms with Crippen molar-refractivity contribution < 1.29 is 44.3 Å². The second-order valence-electron chi connectivity index (χ2n) is 12.8. The van der Waals surface area contributed by atoms with Gasteiger partial charge in [-0.1, -0.05) is 24.3 Å². The van der Waals surface area contributed by atoms with Gasteiger partial charge in [0.15, 0.2) is 11.4 Å². The number of carbonyl (C=O) groups excluding carboxylic acids is 3. The smallest absolute Gasteiger partial charge is 0.255 e. The predicted molar refractivity (Wildman–Crippen MR) is 173 cm³/mol. The van der Waals surface area contributed by atoms with Crippen molar-refractivity contribution >= 4 is 17.5 Å². The van der Waals surface area contributed by atoms with Gasteiger partial charge in [0.25, 0.3) is 5.91 Å². The lowest BCUT2D eigenvalue weighted by atomic mass is 9.58. The molecule has 4 atom stereocenters. The molecular formula is C35H43N3O9. The Morgan fingerprint density at radius 3 is 2.49 bits per heavy atom. The molecule has 252 valence electrons. The Labute approximate surface area is 273 Å². The molecule has 12 heteroatoms. The van der Waals surface area contributed by atoms with Gasteiger partial charge in [-0.15, -0.1) is 0 Å². The number of carbonyl (C=O) groups is 3. The second kappa shape index (κ2) is 13.6. The molecule has 0 aliphatic heterocycles. The Bertz CT molecular complexity index is 1650. The lowest BCUT2D eigenvalue weighted by Crippen LogP contribution is -2.63. The molecule has 5 rings (SSSR count). The van der Waals surface area contributed by atoms with Crippen LogP contribution in [0, 0.1) is 11.8 Å². The number of aliphatic hydroxyl groups excluding tert-OH is 2. The highest BCUT2D eigenvalue weighted by molar-refractivity contribution is 6.24. The number of amides is 1. The first-order valence-electron chi connectivity index (χ1n) is 15.7. The van der Waals surface area contributed by atoms with Gasteiger partial charge in [-0.3, -0.25) is 24.2 Å². The number of aliphatic hydroxyl groups is 3. The van der Waals surface area contributed by atoms with Crippen molar-refractivity contribution in [2.45, 2.75) is 37.5 Å². The molecule has 6 N–H and O–H groups in total. The number of aromatic hydroxyl groups is 1. The largest absolute Gasteiger partial charge is 0.510 e. The summed E-state index contributed by atoms with van der Waals surface area (Å²) in [5, 5.41) is 45.3. The molecule has 0 radical (unpaired) electrons. The summed E-state index contributed by atoms with van der Waals surface area (Å²) in [4.78, 5) is 43.5. The predicted octanol–water partition coefficient (Wildman–Crippen LogP) is 2.27. The summed E-state index contributed by atoms with van der Waals surface area (Å²) in [5.74, 6) is -6.74. The number of hydrogen-bond donors (Lipinski definition) is 5. The van der Waals surface area contributed by atoms with E-state index in [2.05, 4.69) is 4.90 Å². The molecule has 0 spiro atoms. The number of benzene rings is 2. The summed E-state index contributed by atoms with van der Waals surface area (Å²) in [5.41, 5.74) is 4.90. The fourth-order valence-electron chi connectivity index (χ4n) is 7.38. The number of methoxy groups -OCH3 is 1. The summed E-state index contributed by atoms with van der Waals surface area (Å²) in [7, 11) is 6.87. The summed E-state index contributed by atoms with van der Waals surface area (Å²) in [6.07, 6.45) is 1.08. The van der Waals surface area contributed by atoms with Gasteiger partial charge < -0.3 is 35.6 Å². The Morgan fingerprint density at radius 2 is 1.81 bits per heavy atom. The van der Waals surface area contributed by atoms with Crippen molar-refractivity contribution in [1.82, 2.24) is 9.80 Å². The SMILES string of the molecule is COCCCOCCN(C)Cc1cccc(-c2ccc(O)c3c2C[C@H]2C[C@H]4[C@H](N(C)C)C(O)=C(C(N)=O)C(=O)[C@@]4(O)C(O)=C2C3=O)c1. The second-order valence-corrected chi connectivity index (χ2v) is 12.8. The number of nitrogens with two attached hydrogens (primary N) is 1. The molecule has 0 bridgehead atoms. The highest BCUT2D eigenvalue weighted by Crippen LogP contribution is 2.53. The van der Waals surface area contributed by atoms with Gasteiger partial charge in [0.2, 0.25) is 5.78 Å². The minimum Gasteiger partial charge on any atom is -0.510 e. The van der Waals surface area contributed by atoms with E-state index in [1.54, 1.807) is 27.3 Å². The number of fused-ring (bicyclic) bond motifs is 3. The van der Waals surface area contributed by atoms with Crippen molar-refractivity contribution in [3.8, 4) is 16.9 Å². The van der Waals surface area contributed by atoms with Gasteiger partial charge >= 0.3 is 0 Å². The van der Waals surface area contributed by atoms with Crippen LogP contribution in [0.15, 0.2) is 59.1 Å². The Kier molecular flexibility index (Phi) is 9.90. The number of Topliss-reactive ketones (excluding diaryl/α,β-unsaturated/α-hetero) is 2. The molecule has 0 aromatic heterocycles. The van der Waals surface area contributed by atoms with Gasteiger partial charge in [-0.25, -0.2) is 0 Å².